The average molecular weight is 268 g/mol. The fourth-order valence-electron chi connectivity index (χ4n) is 2.60. The van der Waals surface area contributed by atoms with Gasteiger partial charge in [0, 0.05) is 25.0 Å². The predicted octanol–water partition coefficient (Wildman–Crippen LogP) is 2.29. The van der Waals surface area contributed by atoms with Crippen LogP contribution in [0, 0.1) is 6.92 Å². The van der Waals surface area contributed by atoms with Crippen LogP contribution in [-0.4, -0.2) is 27.4 Å². The number of rotatable bonds is 1. The molecule has 0 atom stereocenters. The largest absolute Gasteiger partial charge is 0.508 e. The number of amides is 1. The maximum absolute atomic E-state index is 12.5. The number of phenols is 1. The summed E-state index contributed by atoms with van der Waals surface area (Å²) in [6.45, 7) is 3.08. The van der Waals surface area contributed by atoms with Crippen LogP contribution in [0.25, 0.3) is 0 Å². The fourth-order valence-corrected chi connectivity index (χ4v) is 2.60. The lowest BCUT2D eigenvalue weighted by Crippen LogP contribution is -2.36. The maximum Gasteiger partial charge on any atom is 0.256 e. The molecule has 0 spiro atoms. The maximum atomic E-state index is 12.5. The van der Waals surface area contributed by atoms with Crippen molar-refractivity contribution in [1.29, 1.82) is 0 Å². The minimum atomic E-state index is 0.00425. The summed E-state index contributed by atoms with van der Waals surface area (Å²) in [4.78, 5) is 18.5. The molecule has 1 N–H and O–H groups in total. The standard InChI is InChI=1S/C16H16N2O2/c1-11-15(3-2-7-17-11)16(20)18-8-6-12-4-5-14(19)9-13(12)10-18/h2-5,7,9,19H,6,8,10H2,1H3. The summed E-state index contributed by atoms with van der Waals surface area (Å²) in [6.07, 6.45) is 2.51. The second kappa shape index (κ2) is 4.96. The molecule has 1 aromatic carbocycles. The van der Waals surface area contributed by atoms with Gasteiger partial charge in [0.05, 0.1) is 5.56 Å². The third-order valence-electron chi connectivity index (χ3n) is 3.73. The molecule has 102 valence electrons. The Morgan fingerprint density at radius 1 is 1.30 bits per heavy atom. The molecule has 4 nitrogen and oxygen atoms in total. The third-order valence-corrected chi connectivity index (χ3v) is 3.73. The van der Waals surface area contributed by atoms with Crippen molar-refractivity contribution in [2.24, 2.45) is 0 Å². The quantitative estimate of drug-likeness (QED) is 0.863. The van der Waals surface area contributed by atoms with E-state index in [1.54, 1.807) is 24.4 Å². The van der Waals surface area contributed by atoms with Crippen LogP contribution < -0.4 is 0 Å². The van der Waals surface area contributed by atoms with Gasteiger partial charge in [-0.05, 0) is 48.7 Å². The van der Waals surface area contributed by atoms with Crippen molar-refractivity contribution in [2.75, 3.05) is 6.54 Å². The highest BCUT2D eigenvalue weighted by atomic mass is 16.3. The van der Waals surface area contributed by atoms with Gasteiger partial charge in [-0.1, -0.05) is 6.07 Å². The molecular formula is C16H16N2O2. The highest BCUT2D eigenvalue weighted by Gasteiger charge is 2.23. The third kappa shape index (κ3) is 2.25. The molecule has 4 heteroatoms. The summed E-state index contributed by atoms with van der Waals surface area (Å²) in [7, 11) is 0. The fraction of sp³-hybridized carbons (Fsp3) is 0.250. The minimum Gasteiger partial charge on any atom is -0.508 e. The summed E-state index contributed by atoms with van der Waals surface area (Å²) in [5.41, 5.74) is 3.62. The van der Waals surface area contributed by atoms with Crippen LogP contribution in [0.4, 0.5) is 0 Å². The molecule has 1 aliphatic heterocycles. The summed E-state index contributed by atoms with van der Waals surface area (Å²) >= 11 is 0. The number of phenolic OH excluding ortho intramolecular Hbond substituents is 1. The Balaban J connectivity index is 1.87. The lowest BCUT2D eigenvalue weighted by Gasteiger charge is -2.29. The minimum absolute atomic E-state index is 0.00425. The number of carbonyl (C=O) groups is 1. The Bertz CT molecular complexity index is 667. The summed E-state index contributed by atoms with van der Waals surface area (Å²) in [6, 6.07) is 8.96. The Morgan fingerprint density at radius 2 is 2.15 bits per heavy atom. The number of hydrogen-bond acceptors (Lipinski definition) is 3. The van der Waals surface area contributed by atoms with Gasteiger partial charge in [-0.3, -0.25) is 9.78 Å². The van der Waals surface area contributed by atoms with E-state index in [0.29, 0.717) is 18.7 Å². The average Bonchev–Trinajstić information content (AvgIpc) is 2.46. The first-order valence-electron chi connectivity index (χ1n) is 6.67. The van der Waals surface area contributed by atoms with Gasteiger partial charge >= 0.3 is 0 Å². The second-order valence-electron chi connectivity index (χ2n) is 5.07. The van der Waals surface area contributed by atoms with Crippen molar-refractivity contribution >= 4 is 5.91 Å². The number of pyridine rings is 1. The first-order chi connectivity index (χ1) is 9.65. The van der Waals surface area contributed by atoms with Crippen molar-refractivity contribution in [3.8, 4) is 5.75 Å². The van der Waals surface area contributed by atoms with Crippen molar-refractivity contribution in [2.45, 2.75) is 19.9 Å². The summed E-state index contributed by atoms with van der Waals surface area (Å²) in [5.74, 6) is 0.250. The van der Waals surface area contributed by atoms with E-state index in [4.69, 9.17) is 0 Å². The number of aromatic hydroxyl groups is 1. The number of fused-ring (bicyclic) bond motifs is 1. The van der Waals surface area contributed by atoms with E-state index in [2.05, 4.69) is 4.98 Å². The lowest BCUT2D eigenvalue weighted by atomic mass is 9.98. The van der Waals surface area contributed by atoms with Crippen LogP contribution in [0.3, 0.4) is 0 Å². The highest BCUT2D eigenvalue weighted by Crippen LogP contribution is 2.24. The SMILES string of the molecule is Cc1ncccc1C(=O)N1CCc2ccc(O)cc2C1. The van der Waals surface area contributed by atoms with Crippen molar-refractivity contribution < 1.29 is 9.90 Å². The van der Waals surface area contributed by atoms with Gasteiger partial charge in [0.1, 0.15) is 5.75 Å². The van der Waals surface area contributed by atoms with E-state index in [1.807, 2.05) is 24.0 Å². The van der Waals surface area contributed by atoms with Crippen molar-refractivity contribution in [3.05, 3.63) is 58.9 Å². The number of nitrogens with zero attached hydrogens (tertiary/aromatic N) is 2. The Labute approximate surface area is 117 Å². The molecule has 0 unspecified atom stereocenters. The van der Waals surface area contributed by atoms with E-state index in [0.717, 1.165) is 17.7 Å². The van der Waals surface area contributed by atoms with Crippen LogP contribution >= 0.6 is 0 Å². The first kappa shape index (κ1) is 12.7. The molecule has 2 aromatic rings. The predicted molar refractivity (Wildman–Crippen MR) is 75.5 cm³/mol. The van der Waals surface area contributed by atoms with E-state index in [9.17, 15) is 9.90 Å². The van der Waals surface area contributed by atoms with Gasteiger partial charge in [0.2, 0.25) is 0 Å². The zero-order valence-electron chi connectivity index (χ0n) is 11.3. The van der Waals surface area contributed by atoms with E-state index < -0.39 is 0 Å². The first-order valence-corrected chi connectivity index (χ1v) is 6.67. The van der Waals surface area contributed by atoms with Crippen LogP contribution in [0.1, 0.15) is 27.2 Å². The van der Waals surface area contributed by atoms with Crippen molar-refractivity contribution in [3.63, 3.8) is 0 Å². The van der Waals surface area contributed by atoms with Crippen molar-refractivity contribution in [1.82, 2.24) is 9.88 Å². The molecule has 3 rings (SSSR count). The van der Waals surface area contributed by atoms with Crippen LogP contribution in [-0.2, 0) is 13.0 Å². The zero-order valence-corrected chi connectivity index (χ0v) is 11.3. The van der Waals surface area contributed by atoms with Gasteiger partial charge in [-0.25, -0.2) is 0 Å². The number of aromatic nitrogens is 1. The Morgan fingerprint density at radius 3 is 2.95 bits per heavy atom. The molecule has 2 heterocycles. The summed E-state index contributed by atoms with van der Waals surface area (Å²) in [5, 5.41) is 9.56. The van der Waals surface area contributed by atoms with Gasteiger partial charge in [-0.15, -0.1) is 0 Å². The van der Waals surface area contributed by atoms with Crippen LogP contribution in [0.5, 0.6) is 5.75 Å². The molecule has 20 heavy (non-hydrogen) atoms. The lowest BCUT2D eigenvalue weighted by molar-refractivity contribution is 0.0733. The second-order valence-corrected chi connectivity index (χ2v) is 5.07. The van der Waals surface area contributed by atoms with E-state index >= 15 is 0 Å². The smallest absolute Gasteiger partial charge is 0.256 e. The molecular weight excluding hydrogens is 252 g/mol. The Hall–Kier alpha value is -2.36. The molecule has 1 aliphatic rings. The van der Waals surface area contributed by atoms with Gasteiger partial charge in [0.25, 0.3) is 5.91 Å². The highest BCUT2D eigenvalue weighted by molar-refractivity contribution is 5.95. The van der Waals surface area contributed by atoms with Gasteiger partial charge in [-0.2, -0.15) is 0 Å². The number of hydrogen-bond donors (Lipinski definition) is 1. The molecule has 0 saturated carbocycles. The number of aryl methyl sites for hydroxylation is 1. The molecule has 0 fully saturated rings. The number of carbonyl (C=O) groups excluding carboxylic acids is 1. The molecule has 0 radical (unpaired) electrons. The molecule has 0 bridgehead atoms. The van der Waals surface area contributed by atoms with Gasteiger partial charge < -0.3 is 10.0 Å². The Kier molecular flexibility index (Phi) is 3.14. The molecule has 0 aliphatic carbocycles. The van der Waals surface area contributed by atoms with Crippen LogP contribution in [0.15, 0.2) is 36.5 Å². The molecule has 0 saturated heterocycles. The number of benzene rings is 1. The van der Waals surface area contributed by atoms with Crippen LogP contribution in [0.2, 0.25) is 0 Å². The monoisotopic (exact) mass is 268 g/mol. The van der Waals surface area contributed by atoms with E-state index in [-0.39, 0.29) is 11.7 Å². The molecule has 1 aromatic heterocycles. The van der Waals surface area contributed by atoms with Gasteiger partial charge in [0.15, 0.2) is 0 Å². The molecule has 1 amide bonds. The van der Waals surface area contributed by atoms with E-state index in [1.165, 1.54) is 5.56 Å². The normalized spacial score (nSPS) is 13.9. The summed E-state index contributed by atoms with van der Waals surface area (Å²) < 4.78 is 0. The zero-order chi connectivity index (χ0) is 14.1. The topological polar surface area (TPSA) is 53.4 Å².